The molecule has 0 amide bonds. The quantitative estimate of drug-likeness (QED) is 0.557. The molecule has 0 heterocycles. The average molecular weight is 231 g/mol. The predicted molar refractivity (Wildman–Crippen MR) is 66.1 cm³/mol. The molecule has 0 bridgehead atoms. The lowest BCUT2D eigenvalue weighted by molar-refractivity contribution is 0.101. The van der Waals surface area contributed by atoms with E-state index in [1.165, 1.54) is 6.92 Å². The predicted octanol–water partition coefficient (Wildman–Crippen LogP) is 3.27. The Morgan fingerprint density at radius 1 is 1.41 bits per heavy atom. The van der Waals surface area contributed by atoms with Gasteiger partial charge in [-0.3, -0.25) is 4.79 Å². The van der Waals surface area contributed by atoms with E-state index in [9.17, 15) is 4.79 Å². The molecule has 0 saturated carbocycles. The van der Waals surface area contributed by atoms with Gasteiger partial charge in [-0.15, -0.1) is 0 Å². The molecule has 0 aliphatic carbocycles. The molecule has 0 aromatic heterocycles. The lowest BCUT2D eigenvalue weighted by Crippen LogP contribution is -2.03. The van der Waals surface area contributed by atoms with Gasteiger partial charge in [0.2, 0.25) is 0 Å². The molecular weight excluding hydrogens is 214 g/mol. The number of aryl methyl sites for hydroxylation is 1. The fourth-order valence-electron chi connectivity index (χ4n) is 1.53. The molecule has 1 aromatic carbocycles. The highest BCUT2D eigenvalue weighted by atomic mass is 16.5. The summed E-state index contributed by atoms with van der Waals surface area (Å²) in [7, 11) is 0. The SMILES string of the molecule is CC(=O)c1cc(C)ccc1OCCCCC#N. The number of unbranched alkanes of at least 4 members (excludes halogenated alkanes) is 2. The van der Waals surface area contributed by atoms with Crippen molar-refractivity contribution in [3.63, 3.8) is 0 Å². The maximum atomic E-state index is 11.4. The number of ether oxygens (including phenoxy) is 1. The number of benzene rings is 1. The molecule has 1 aromatic rings. The Bertz CT molecular complexity index is 432. The van der Waals surface area contributed by atoms with E-state index in [2.05, 4.69) is 6.07 Å². The summed E-state index contributed by atoms with van der Waals surface area (Å²) in [6.07, 6.45) is 2.22. The van der Waals surface area contributed by atoms with Gasteiger partial charge in [-0.05, 0) is 38.8 Å². The van der Waals surface area contributed by atoms with Gasteiger partial charge in [0, 0.05) is 6.42 Å². The maximum absolute atomic E-state index is 11.4. The molecule has 17 heavy (non-hydrogen) atoms. The van der Waals surface area contributed by atoms with Crippen LogP contribution in [0, 0.1) is 18.3 Å². The van der Waals surface area contributed by atoms with Gasteiger partial charge in [0.25, 0.3) is 0 Å². The van der Waals surface area contributed by atoms with Crippen molar-refractivity contribution in [1.82, 2.24) is 0 Å². The Labute approximate surface area is 102 Å². The van der Waals surface area contributed by atoms with Gasteiger partial charge in [0.15, 0.2) is 5.78 Å². The minimum Gasteiger partial charge on any atom is -0.493 e. The Balaban J connectivity index is 2.59. The Morgan fingerprint density at radius 3 is 2.82 bits per heavy atom. The first-order valence-electron chi connectivity index (χ1n) is 5.76. The summed E-state index contributed by atoms with van der Waals surface area (Å²) in [6, 6.07) is 7.69. The lowest BCUT2D eigenvalue weighted by atomic mass is 10.1. The molecule has 0 aliphatic rings. The number of Topliss-reactive ketones (excluding diaryl/α,β-unsaturated/α-hetero) is 1. The van der Waals surface area contributed by atoms with Crippen LogP contribution in [0.3, 0.4) is 0 Å². The maximum Gasteiger partial charge on any atom is 0.163 e. The van der Waals surface area contributed by atoms with Crippen molar-refractivity contribution < 1.29 is 9.53 Å². The zero-order chi connectivity index (χ0) is 12.7. The summed E-state index contributed by atoms with van der Waals surface area (Å²) in [5, 5.41) is 8.39. The molecule has 0 unspecified atom stereocenters. The van der Waals surface area contributed by atoms with Crippen LogP contribution in [0.15, 0.2) is 18.2 Å². The summed E-state index contributed by atoms with van der Waals surface area (Å²) in [4.78, 5) is 11.4. The zero-order valence-electron chi connectivity index (χ0n) is 10.3. The van der Waals surface area contributed by atoms with Crippen LogP contribution in [0.1, 0.15) is 42.1 Å². The number of rotatable bonds is 6. The van der Waals surface area contributed by atoms with E-state index >= 15 is 0 Å². The van der Waals surface area contributed by atoms with Crippen molar-refractivity contribution in [2.24, 2.45) is 0 Å². The largest absolute Gasteiger partial charge is 0.493 e. The molecule has 0 spiro atoms. The van der Waals surface area contributed by atoms with Gasteiger partial charge in [-0.25, -0.2) is 0 Å². The van der Waals surface area contributed by atoms with E-state index in [0.717, 1.165) is 18.4 Å². The van der Waals surface area contributed by atoms with Crippen molar-refractivity contribution in [3.05, 3.63) is 29.3 Å². The second-order valence-corrected chi connectivity index (χ2v) is 4.02. The van der Waals surface area contributed by atoms with Gasteiger partial charge >= 0.3 is 0 Å². The highest BCUT2D eigenvalue weighted by Crippen LogP contribution is 2.20. The first-order valence-corrected chi connectivity index (χ1v) is 5.76. The summed E-state index contributed by atoms with van der Waals surface area (Å²) < 4.78 is 5.57. The number of hydrogen-bond acceptors (Lipinski definition) is 3. The summed E-state index contributed by atoms with van der Waals surface area (Å²) in [5.74, 6) is 0.654. The van der Waals surface area contributed by atoms with Gasteiger partial charge in [0.05, 0.1) is 18.2 Å². The van der Waals surface area contributed by atoms with Gasteiger partial charge in [-0.1, -0.05) is 11.6 Å². The second-order valence-electron chi connectivity index (χ2n) is 4.02. The average Bonchev–Trinajstić information content (AvgIpc) is 2.30. The summed E-state index contributed by atoms with van der Waals surface area (Å²) in [6.45, 7) is 4.03. The molecule has 0 aliphatic heterocycles. The second kappa shape index (κ2) is 6.70. The summed E-state index contributed by atoms with van der Waals surface area (Å²) in [5.41, 5.74) is 1.68. The van der Waals surface area contributed by atoms with Crippen LogP contribution < -0.4 is 4.74 Å². The normalized spacial score (nSPS) is 9.71. The van der Waals surface area contributed by atoms with Crippen LogP contribution in [0.2, 0.25) is 0 Å². The van der Waals surface area contributed by atoms with E-state index in [4.69, 9.17) is 10.00 Å². The molecule has 0 N–H and O–H groups in total. The molecule has 0 atom stereocenters. The highest BCUT2D eigenvalue weighted by Gasteiger charge is 2.08. The Kier molecular flexibility index (Phi) is 5.22. The topological polar surface area (TPSA) is 50.1 Å². The lowest BCUT2D eigenvalue weighted by Gasteiger charge is -2.10. The van der Waals surface area contributed by atoms with Gasteiger partial charge < -0.3 is 4.74 Å². The van der Waals surface area contributed by atoms with E-state index < -0.39 is 0 Å². The van der Waals surface area contributed by atoms with Gasteiger partial charge in [0.1, 0.15) is 5.75 Å². The monoisotopic (exact) mass is 231 g/mol. The molecule has 0 fully saturated rings. The third-order valence-electron chi connectivity index (χ3n) is 2.45. The third-order valence-corrected chi connectivity index (χ3v) is 2.45. The smallest absolute Gasteiger partial charge is 0.163 e. The van der Waals surface area contributed by atoms with Gasteiger partial charge in [-0.2, -0.15) is 5.26 Å². The van der Waals surface area contributed by atoms with Crippen LogP contribution in [0.5, 0.6) is 5.75 Å². The van der Waals surface area contributed by atoms with E-state index in [1.807, 2.05) is 25.1 Å². The van der Waals surface area contributed by atoms with Crippen LogP contribution in [-0.4, -0.2) is 12.4 Å². The highest BCUT2D eigenvalue weighted by molar-refractivity contribution is 5.97. The third kappa shape index (κ3) is 4.28. The fourth-order valence-corrected chi connectivity index (χ4v) is 1.53. The van der Waals surface area contributed by atoms with Crippen molar-refractivity contribution in [1.29, 1.82) is 5.26 Å². The van der Waals surface area contributed by atoms with Crippen molar-refractivity contribution in [2.75, 3.05) is 6.61 Å². The van der Waals surface area contributed by atoms with Crippen molar-refractivity contribution in [3.8, 4) is 11.8 Å². The standard InChI is InChI=1S/C14H17NO2/c1-11-6-7-14(13(10-11)12(2)16)17-9-5-3-4-8-15/h6-7,10H,3-5,9H2,1-2H3. The van der Waals surface area contributed by atoms with Crippen LogP contribution in [0.4, 0.5) is 0 Å². The molecule has 3 nitrogen and oxygen atoms in total. The number of nitrogens with zero attached hydrogens (tertiary/aromatic N) is 1. The minimum atomic E-state index is 0.0146. The zero-order valence-corrected chi connectivity index (χ0v) is 10.3. The van der Waals surface area contributed by atoms with E-state index in [1.54, 1.807) is 0 Å². The Morgan fingerprint density at radius 2 is 2.18 bits per heavy atom. The molecule has 90 valence electrons. The van der Waals surface area contributed by atoms with E-state index in [0.29, 0.717) is 24.3 Å². The van der Waals surface area contributed by atoms with Crippen molar-refractivity contribution in [2.45, 2.75) is 33.1 Å². The van der Waals surface area contributed by atoms with Crippen LogP contribution in [-0.2, 0) is 0 Å². The Hall–Kier alpha value is -1.82. The summed E-state index contributed by atoms with van der Waals surface area (Å²) >= 11 is 0. The molecule has 3 heteroatoms. The fraction of sp³-hybridized carbons (Fsp3) is 0.429. The van der Waals surface area contributed by atoms with Crippen LogP contribution in [0.25, 0.3) is 0 Å². The molecular formula is C14H17NO2. The van der Waals surface area contributed by atoms with Crippen LogP contribution >= 0.6 is 0 Å². The molecule has 0 radical (unpaired) electrons. The molecule has 0 saturated heterocycles. The number of carbonyl (C=O) groups excluding carboxylic acids is 1. The first-order chi connectivity index (χ1) is 8.15. The van der Waals surface area contributed by atoms with Crippen molar-refractivity contribution >= 4 is 5.78 Å². The number of nitriles is 1. The number of ketones is 1. The molecule has 1 rings (SSSR count). The minimum absolute atomic E-state index is 0.0146. The first kappa shape index (κ1) is 13.2. The number of carbonyl (C=O) groups is 1. The van der Waals surface area contributed by atoms with E-state index in [-0.39, 0.29) is 5.78 Å². The number of hydrogen-bond donors (Lipinski definition) is 0.